The molecular formula is C12H12Cl2N2O. The third-order valence-electron chi connectivity index (χ3n) is 2.61. The van der Waals surface area contributed by atoms with Gasteiger partial charge in [0.1, 0.15) is 6.10 Å². The summed E-state index contributed by atoms with van der Waals surface area (Å²) in [4.78, 5) is 7.02. The zero-order chi connectivity index (χ0) is 12.4. The largest absolute Gasteiger partial charge is 0.386 e. The van der Waals surface area contributed by atoms with Crippen LogP contribution in [0.25, 0.3) is 0 Å². The summed E-state index contributed by atoms with van der Waals surface area (Å²) >= 11 is 11.9. The molecule has 0 amide bonds. The van der Waals surface area contributed by atoms with Gasteiger partial charge >= 0.3 is 0 Å². The highest BCUT2D eigenvalue weighted by Gasteiger charge is 2.15. The van der Waals surface area contributed by atoms with Crippen molar-refractivity contribution in [3.8, 4) is 0 Å². The molecule has 0 fully saturated rings. The number of nitrogens with zero attached hydrogens (tertiary/aromatic N) is 1. The van der Waals surface area contributed by atoms with Gasteiger partial charge in [0, 0.05) is 22.2 Å². The van der Waals surface area contributed by atoms with Gasteiger partial charge in [-0.25, -0.2) is 4.98 Å². The fourth-order valence-corrected chi connectivity index (χ4v) is 2.18. The van der Waals surface area contributed by atoms with E-state index in [4.69, 9.17) is 23.2 Å². The van der Waals surface area contributed by atoms with Crippen molar-refractivity contribution in [1.29, 1.82) is 0 Å². The van der Waals surface area contributed by atoms with Crippen molar-refractivity contribution < 1.29 is 5.11 Å². The van der Waals surface area contributed by atoms with Crippen molar-refractivity contribution in [2.24, 2.45) is 0 Å². The van der Waals surface area contributed by atoms with E-state index in [0.29, 0.717) is 22.2 Å². The maximum absolute atomic E-state index is 10.1. The van der Waals surface area contributed by atoms with Crippen LogP contribution in [0.1, 0.15) is 23.1 Å². The molecule has 1 heterocycles. The number of H-pyrrole nitrogens is 1. The Morgan fingerprint density at radius 1 is 1.41 bits per heavy atom. The van der Waals surface area contributed by atoms with Crippen LogP contribution in [-0.4, -0.2) is 15.1 Å². The van der Waals surface area contributed by atoms with Gasteiger partial charge in [-0.2, -0.15) is 0 Å². The first-order valence-electron chi connectivity index (χ1n) is 5.20. The summed E-state index contributed by atoms with van der Waals surface area (Å²) in [5.41, 5.74) is 2.37. The molecule has 2 N–H and O–H groups in total. The lowest BCUT2D eigenvalue weighted by molar-refractivity contribution is 0.173. The third-order valence-corrected chi connectivity index (χ3v) is 3.20. The lowest BCUT2D eigenvalue weighted by Crippen LogP contribution is -2.04. The molecule has 0 saturated carbocycles. The summed E-state index contributed by atoms with van der Waals surface area (Å²) in [6.45, 7) is 1.87. The number of aromatic nitrogens is 2. The summed E-state index contributed by atoms with van der Waals surface area (Å²) in [6.07, 6.45) is 1.32. The van der Waals surface area contributed by atoms with Crippen molar-refractivity contribution in [2.45, 2.75) is 19.4 Å². The first-order chi connectivity index (χ1) is 8.08. The number of hydrogen-bond acceptors (Lipinski definition) is 2. The average Bonchev–Trinajstić information content (AvgIpc) is 2.68. The van der Waals surface area contributed by atoms with Gasteiger partial charge in [-0.15, -0.1) is 0 Å². The average molecular weight is 271 g/mol. The van der Waals surface area contributed by atoms with Crippen LogP contribution in [-0.2, 0) is 6.42 Å². The summed E-state index contributed by atoms with van der Waals surface area (Å²) in [5, 5.41) is 11.2. The molecule has 2 rings (SSSR count). The molecule has 0 bridgehead atoms. The van der Waals surface area contributed by atoms with Gasteiger partial charge in [-0.3, -0.25) is 0 Å². The van der Waals surface area contributed by atoms with Crippen molar-refractivity contribution in [2.75, 3.05) is 0 Å². The zero-order valence-corrected chi connectivity index (χ0v) is 10.8. The second kappa shape index (κ2) is 5.08. The van der Waals surface area contributed by atoms with Crippen LogP contribution in [0, 0.1) is 6.92 Å². The van der Waals surface area contributed by atoms with E-state index in [9.17, 15) is 5.11 Å². The SMILES string of the molecule is Cc1[nH]cnc1C(O)Cc1ccc(Cl)cc1Cl. The molecule has 90 valence electrons. The Morgan fingerprint density at radius 2 is 2.18 bits per heavy atom. The number of aryl methyl sites for hydroxylation is 1. The molecule has 0 radical (unpaired) electrons. The Bertz CT molecular complexity index is 525. The summed E-state index contributed by atoms with van der Waals surface area (Å²) < 4.78 is 0. The van der Waals surface area contributed by atoms with Gasteiger partial charge in [-0.1, -0.05) is 29.3 Å². The van der Waals surface area contributed by atoms with Crippen molar-refractivity contribution >= 4 is 23.2 Å². The van der Waals surface area contributed by atoms with E-state index in [-0.39, 0.29) is 0 Å². The van der Waals surface area contributed by atoms with Crippen LogP contribution in [0.15, 0.2) is 24.5 Å². The topological polar surface area (TPSA) is 48.9 Å². The quantitative estimate of drug-likeness (QED) is 0.899. The van der Waals surface area contributed by atoms with Gasteiger partial charge in [0.15, 0.2) is 0 Å². The van der Waals surface area contributed by atoms with Gasteiger partial charge in [0.25, 0.3) is 0 Å². The summed E-state index contributed by atoms with van der Waals surface area (Å²) in [7, 11) is 0. The van der Waals surface area contributed by atoms with E-state index in [1.54, 1.807) is 18.5 Å². The van der Waals surface area contributed by atoms with Gasteiger partial charge < -0.3 is 10.1 Å². The molecule has 0 aliphatic heterocycles. The molecule has 17 heavy (non-hydrogen) atoms. The van der Waals surface area contributed by atoms with E-state index in [2.05, 4.69) is 9.97 Å². The number of imidazole rings is 1. The second-order valence-corrected chi connectivity index (χ2v) is 4.71. The number of benzene rings is 1. The van der Waals surface area contributed by atoms with E-state index >= 15 is 0 Å². The number of halogens is 2. The lowest BCUT2D eigenvalue weighted by Gasteiger charge is -2.10. The monoisotopic (exact) mass is 270 g/mol. The van der Waals surface area contributed by atoms with Gasteiger partial charge in [0.2, 0.25) is 0 Å². The molecular weight excluding hydrogens is 259 g/mol. The van der Waals surface area contributed by atoms with Crippen LogP contribution in [0.4, 0.5) is 0 Å². The first-order valence-corrected chi connectivity index (χ1v) is 5.95. The molecule has 3 nitrogen and oxygen atoms in total. The van der Waals surface area contributed by atoms with E-state index in [1.807, 2.05) is 13.0 Å². The molecule has 0 aliphatic carbocycles. The molecule has 5 heteroatoms. The van der Waals surface area contributed by atoms with E-state index in [0.717, 1.165) is 11.3 Å². The Labute approximate surface area is 109 Å². The standard InChI is InChI=1S/C12H12Cl2N2O/c1-7-12(16-6-15-7)11(17)4-8-2-3-9(13)5-10(8)14/h2-3,5-6,11,17H,4H2,1H3,(H,15,16). The molecule has 1 aromatic carbocycles. The normalized spacial score (nSPS) is 12.7. The highest BCUT2D eigenvalue weighted by molar-refractivity contribution is 6.35. The van der Waals surface area contributed by atoms with Crippen molar-refractivity contribution in [3.63, 3.8) is 0 Å². The summed E-state index contributed by atoms with van der Waals surface area (Å²) in [5.74, 6) is 0. The predicted molar refractivity (Wildman–Crippen MR) is 68.5 cm³/mol. The van der Waals surface area contributed by atoms with E-state index < -0.39 is 6.10 Å². The minimum absolute atomic E-state index is 0.418. The molecule has 1 aromatic heterocycles. The number of rotatable bonds is 3. The molecule has 0 aliphatic rings. The Morgan fingerprint density at radius 3 is 2.76 bits per heavy atom. The van der Waals surface area contributed by atoms with Crippen molar-refractivity contribution in [1.82, 2.24) is 9.97 Å². The number of aliphatic hydroxyl groups excluding tert-OH is 1. The fraction of sp³-hybridized carbons (Fsp3) is 0.250. The number of nitrogens with one attached hydrogen (secondary N) is 1. The Balaban J connectivity index is 2.19. The molecule has 2 aromatic rings. The third kappa shape index (κ3) is 2.80. The maximum atomic E-state index is 10.1. The molecule has 0 spiro atoms. The number of aromatic amines is 1. The highest BCUT2D eigenvalue weighted by atomic mass is 35.5. The maximum Gasteiger partial charge on any atom is 0.102 e. The van der Waals surface area contributed by atoms with Gasteiger partial charge in [-0.05, 0) is 24.6 Å². The van der Waals surface area contributed by atoms with Crippen LogP contribution in [0.2, 0.25) is 10.0 Å². The molecule has 0 saturated heterocycles. The smallest absolute Gasteiger partial charge is 0.102 e. The Kier molecular flexibility index (Phi) is 3.72. The number of aliphatic hydroxyl groups is 1. The van der Waals surface area contributed by atoms with Gasteiger partial charge in [0.05, 0.1) is 12.0 Å². The minimum Gasteiger partial charge on any atom is -0.386 e. The summed E-state index contributed by atoms with van der Waals surface area (Å²) in [6, 6.07) is 5.24. The van der Waals surface area contributed by atoms with Crippen LogP contribution >= 0.6 is 23.2 Å². The Hall–Kier alpha value is -1.03. The van der Waals surface area contributed by atoms with E-state index in [1.165, 1.54) is 0 Å². The molecule has 1 atom stereocenters. The first kappa shape index (κ1) is 12.4. The van der Waals surface area contributed by atoms with Crippen molar-refractivity contribution in [3.05, 3.63) is 51.5 Å². The lowest BCUT2D eigenvalue weighted by atomic mass is 10.0. The highest BCUT2D eigenvalue weighted by Crippen LogP contribution is 2.26. The fourth-order valence-electron chi connectivity index (χ4n) is 1.70. The zero-order valence-electron chi connectivity index (χ0n) is 9.24. The van der Waals surface area contributed by atoms with Crippen LogP contribution < -0.4 is 0 Å². The second-order valence-electron chi connectivity index (χ2n) is 3.87. The minimum atomic E-state index is -0.667. The number of hydrogen-bond donors (Lipinski definition) is 2. The van der Waals surface area contributed by atoms with Crippen LogP contribution in [0.3, 0.4) is 0 Å². The van der Waals surface area contributed by atoms with Crippen LogP contribution in [0.5, 0.6) is 0 Å². The predicted octanol–water partition coefficient (Wildman–Crippen LogP) is 3.30. The molecule has 1 unspecified atom stereocenters.